The van der Waals surface area contributed by atoms with Crippen LogP contribution >= 0.6 is 0 Å². The Morgan fingerprint density at radius 3 is 2.62 bits per heavy atom. The lowest BCUT2D eigenvalue weighted by atomic mass is 10.0. The van der Waals surface area contributed by atoms with Crippen molar-refractivity contribution in [2.45, 2.75) is 0 Å². The Balaban J connectivity index is 2.12. The number of fused-ring (bicyclic) bond motifs is 1. The molecule has 0 spiro atoms. The first kappa shape index (κ1) is 13.1. The zero-order valence-corrected chi connectivity index (χ0v) is 11.4. The molecule has 3 aromatic rings. The number of nitrogens with two attached hydrogens (primary N) is 1. The van der Waals surface area contributed by atoms with Crippen molar-refractivity contribution in [3.63, 3.8) is 0 Å². The van der Waals surface area contributed by atoms with Crippen molar-refractivity contribution in [3.8, 4) is 11.1 Å². The van der Waals surface area contributed by atoms with Gasteiger partial charge in [0.25, 0.3) is 0 Å². The van der Waals surface area contributed by atoms with Gasteiger partial charge in [-0.05, 0) is 23.8 Å². The number of ether oxygens (including phenoxy) is 1. The van der Waals surface area contributed by atoms with Gasteiger partial charge in [0, 0.05) is 17.1 Å². The molecule has 0 atom stereocenters. The van der Waals surface area contributed by atoms with E-state index in [9.17, 15) is 4.79 Å². The van der Waals surface area contributed by atoms with Crippen molar-refractivity contribution < 1.29 is 9.53 Å². The minimum absolute atomic E-state index is 0.358. The number of carbonyl (C=O) groups is 1. The van der Waals surface area contributed by atoms with Gasteiger partial charge in [-0.3, -0.25) is 9.97 Å². The number of carbonyl (C=O) groups excluding carboxylic acids is 1. The maximum atomic E-state index is 11.5. The minimum atomic E-state index is -0.358. The Kier molecular flexibility index (Phi) is 3.23. The van der Waals surface area contributed by atoms with Gasteiger partial charge in [0.2, 0.25) is 0 Å². The summed E-state index contributed by atoms with van der Waals surface area (Å²) in [5.74, 6) is -0.358. The van der Waals surface area contributed by atoms with Gasteiger partial charge >= 0.3 is 5.97 Å². The van der Waals surface area contributed by atoms with Crippen molar-refractivity contribution >= 4 is 22.6 Å². The Hall–Kier alpha value is -2.95. The maximum absolute atomic E-state index is 11.5. The lowest BCUT2D eigenvalue weighted by Gasteiger charge is -2.07. The fourth-order valence-corrected chi connectivity index (χ4v) is 2.20. The standard InChI is InChI=1S/C16H13N3O2/c1-21-16(20)11-4-2-10(3-5-11)14-8-18-9-15-13(14)6-12(17)7-19-15/h2-9H,17H2,1H3. The van der Waals surface area contributed by atoms with Crippen LogP contribution < -0.4 is 5.73 Å². The van der Waals surface area contributed by atoms with Gasteiger partial charge in [-0.25, -0.2) is 4.79 Å². The molecule has 2 aromatic heterocycles. The van der Waals surface area contributed by atoms with Crippen LogP contribution in [0.5, 0.6) is 0 Å². The quantitative estimate of drug-likeness (QED) is 0.730. The van der Waals surface area contributed by atoms with E-state index < -0.39 is 0 Å². The zero-order chi connectivity index (χ0) is 14.8. The Bertz CT molecular complexity index is 813. The molecule has 0 aliphatic rings. The zero-order valence-electron chi connectivity index (χ0n) is 11.4. The second kappa shape index (κ2) is 5.20. The number of hydrogen-bond donors (Lipinski definition) is 1. The number of benzene rings is 1. The number of nitrogens with zero attached hydrogens (tertiary/aromatic N) is 2. The number of methoxy groups -OCH3 is 1. The van der Waals surface area contributed by atoms with Crippen molar-refractivity contribution in [1.82, 2.24) is 9.97 Å². The average Bonchev–Trinajstić information content (AvgIpc) is 2.53. The summed E-state index contributed by atoms with van der Waals surface area (Å²) in [6.07, 6.45) is 5.06. The van der Waals surface area contributed by atoms with Gasteiger partial charge in [0.1, 0.15) is 0 Å². The highest BCUT2D eigenvalue weighted by Crippen LogP contribution is 2.28. The highest BCUT2D eigenvalue weighted by atomic mass is 16.5. The second-order valence-electron chi connectivity index (χ2n) is 4.59. The third-order valence-corrected chi connectivity index (χ3v) is 3.25. The van der Waals surface area contributed by atoms with Crippen LogP contribution in [0.15, 0.2) is 48.9 Å². The topological polar surface area (TPSA) is 78.1 Å². The second-order valence-corrected chi connectivity index (χ2v) is 4.59. The molecule has 2 N–H and O–H groups in total. The number of pyridine rings is 2. The predicted molar refractivity (Wildman–Crippen MR) is 80.7 cm³/mol. The summed E-state index contributed by atoms with van der Waals surface area (Å²) in [4.78, 5) is 19.9. The van der Waals surface area contributed by atoms with E-state index in [4.69, 9.17) is 5.73 Å². The Morgan fingerprint density at radius 1 is 1.14 bits per heavy atom. The molecule has 3 rings (SSSR count). The van der Waals surface area contributed by atoms with Crippen molar-refractivity contribution in [2.75, 3.05) is 12.8 Å². The van der Waals surface area contributed by atoms with Crippen molar-refractivity contribution in [2.24, 2.45) is 0 Å². The van der Waals surface area contributed by atoms with Crippen LogP contribution in [0.4, 0.5) is 5.69 Å². The van der Waals surface area contributed by atoms with Gasteiger partial charge in [0.05, 0.1) is 36.3 Å². The first-order chi connectivity index (χ1) is 10.2. The van der Waals surface area contributed by atoms with E-state index in [-0.39, 0.29) is 5.97 Å². The molecule has 0 fully saturated rings. The largest absolute Gasteiger partial charge is 0.465 e. The van der Waals surface area contributed by atoms with Crippen LogP contribution in [0, 0.1) is 0 Å². The smallest absolute Gasteiger partial charge is 0.337 e. The van der Waals surface area contributed by atoms with Gasteiger partial charge in [-0.1, -0.05) is 12.1 Å². The summed E-state index contributed by atoms with van der Waals surface area (Å²) < 4.78 is 4.69. The fraction of sp³-hybridized carbons (Fsp3) is 0.0625. The van der Waals surface area contributed by atoms with Gasteiger partial charge in [-0.15, -0.1) is 0 Å². The molecule has 0 unspecified atom stereocenters. The van der Waals surface area contributed by atoms with E-state index in [1.807, 2.05) is 18.2 Å². The molecular weight excluding hydrogens is 266 g/mol. The first-order valence-electron chi connectivity index (χ1n) is 6.37. The molecule has 104 valence electrons. The molecule has 0 amide bonds. The number of aromatic nitrogens is 2. The van der Waals surface area contributed by atoms with Crippen LogP contribution in [-0.2, 0) is 4.74 Å². The van der Waals surface area contributed by atoms with E-state index in [1.165, 1.54) is 7.11 Å². The average molecular weight is 279 g/mol. The predicted octanol–water partition coefficient (Wildman–Crippen LogP) is 2.67. The summed E-state index contributed by atoms with van der Waals surface area (Å²) >= 11 is 0. The van der Waals surface area contributed by atoms with Crippen LogP contribution in [0.25, 0.3) is 22.0 Å². The Labute approximate surface area is 121 Å². The van der Waals surface area contributed by atoms with E-state index in [2.05, 4.69) is 14.7 Å². The molecule has 21 heavy (non-hydrogen) atoms. The summed E-state index contributed by atoms with van der Waals surface area (Å²) in [6.45, 7) is 0. The third kappa shape index (κ3) is 2.41. The van der Waals surface area contributed by atoms with E-state index in [0.29, 0.717) is 11.3 Å². The normalized spacial score (nSPS) is 10.5. The number of anilines is 1. The summed E-state index contributed by atoms with van der Waals surface area (Å²) in [5, 5.41) is 0.927. The molecule has 0 bridgehead atoms. The van der Waals surface area contributed by atoms with Crippen LogP contribution in [-0.4, -0.2) is 23.0 Å². The summed E-state index contributed by atoms with van der Waals surface area (Å²) in [7, 11) is 1.36. The highest BCUT2D eigenvalue weighted by Gasteiger charge is 2.08. The van der Waals surface area contributed by atoms with Gasteiger partial charge < -0.3 is 10.5 Å². The Morgan fingerprint density at radius 2 is 1.90 bits per heavy atom. The monoisotopic (exact) mass is 279 g/mol. The van der Waals surface area contributed by atoms with E-state index >= 15 is 0 Å². The van der Waals surface area contributed by atoms with Crippen LogP contribution in [0.3, 0.4) is 0 Å². The third-order valence-electron chi connectivity index (χ3n) is 3.25. The highest BCUT2D eigenvalue weighted by molar-refractivity contribution is 5.96. The first-order valence-corrected chi connectivity index (χ1v) is 6.37. The van der Waals surface area contributed by atoms with Crippen LogP contribution in [0.2, 0.25) is 0 Å². The molecule has 0 aliphatic carbocycles. The number of rotatable bonds is 2. The number of nitrogen functional groups attached to an aromatic ring is 1. The van der Waals surface area contributed by atoms with Gasteiger partial charge in [0.15, 0.2) is 0 Å². The van der Waals surface area contributed by atoms with Crippen molar-refractivity contribution in [3.05, 3.63) is 54.5 Å². The molecule has 5 heteroatoms. The molecule has 0 saturated carbocycles. The molecule has 0 radical (unpaired) electrons. The maximum Gasteiger partial charge on any atom is 0.337 e. The summed E-state index contributed by atoms with van der Waals surface area (Å²) in [6, 6.07) is 9.02. The minimum Gasteiger partial charge on any atom is -0.465 e. The molecular formula is C16H13N3O2. The van der Waals surface area contributed by atoms with E-state index in [0.717, 1.165) is 22.0 Å². The molecule has 0 aliphatic heterocycles. The van der Waals surface area contributed by atoms with Crippen LogP contribution in [0.1, 0.15) is 10.4 Å². The SMILES string of the molecule is COC(=O)c1ccc(-c2cncc3ncc(N)cc23)cc1. The van der Waals surface area contributed by atoms with Gasteiger partial charge in [-0.2, -0.15) is 0 Å². The molecule has 0 saturated heterocycles. The lowest BCUT2D eigenvalue weighted by Crippen LogP contribution is -2.00. The fourth-order valence-electron chi connectivity index (χ4n) is 2.20. The molecule has 2 heterocycles. The summed E-state index contributed by atoms with van der Waals surface area (Å²) in [5.41, 5.74) is 9.55. The molecule has 1 aromatic carbocycles. The molecule has 5 nitrogen and oxygen atoms in total. The number of esters is 1. The number of hydrogen-bond acceptors (Lipinski definition) is 5. The van der Waals surface area contributed by atoms with Crippen molar-refractivity contribution in [1.29, 1.82) is 0 Å². The van der Waals surface area contributed by atoms with E-state index in [1.54, 1.807) is 30.7 Å². The lowest BCUT2D eigenvalue weighted by molar-refractivity contribution is 0.0601.